The monoisotopic (exact) mass is 237 g/mol. The number of nitrogens with two attached hydrogens (primary N) is 1. The van der Waals surface area contributed by atoms with Crippen molar-refractivity contribution in [3.63, 3.8) is 0 Å². The molecule has 2 aromatic rings. The summed E-state index contributed by atoms with van der Waals surface area (Å²) in [6.45, 7) is 4.73. The fraction of sp³-hybridized carbons (Fsp3) is 0.400. The van der Waals surface area contributed by atoms with Crippen LogP contribution in [0.3, 0.4) is 0 Å². The summed E-state index contributed by atoms with van der Waals surface area (Å²) in [4.78, 5) is 5.64. The minimum atomic E-state index is 0.659. The number of aromatic nitrogens is 3. The molecule has 0 aliphatic rings. The van der Waals surface area contributed by atoms with Crippen molar-refractivity contribution in [3.8, 4) is 0 Å². The van der Waals surface area contributed by atoms with E-state index < -0.39 is 0 Å². The van der Waals surface area contributed by atoms with Gasteiger partial charge in [0.2, 0.25) is 0 Å². The molecule has 0 unspecified atom stereocenters. The molecule has 2 rings (SSSR count). The van der Waals surface area contributed by atoms with Crippen LogP contribution in [0.5, 0.6) is 0 Å². The Bertz CT molecular complexity index is 480. The van der Waals surface area contributed by atoms with Crippen LogP contribution in [0.25, 0.3) is 0 Å². The van der Waals surface area contributed by atoms with Crippen molar-refractivity contribution in [2.75, 3.05) is 11.1 Å². The van der Waals surface area contributed by atoms with Crippen LogP contribution in [0.15, 0.2) is 6.20 Å². The Morgan fingerprint density at radius 3 is 2.75 bits per heavy atom. The number of rotatable bonds is 3. The molecule has 2 heterocycles. The zero-order chi connectivity index (χ0) is 11.7. The Morgan fingerprint density at radius 2 is 2.25 bits per heavy atom. The van der Waals surface area contributed by atoms with Gasteiger partial charge in [0.1, 0.15) is 5.82 Å². The average Bonchev–Trinajstić information content (AvgIpc) is 2.72. The Balaban J connectivity index is 2.05. The number of nitrogen functional groups attached to an aromatic ring is 1. The molecule has 0 amide bonds. The standard InChI is InChI=1S/C10H15N5S/c1-6-7(2)16-10(14-6)12-4-8-5-13-15(3)9(8)11/h5H,4,11H2,1-3H3,(H,12,14). The lowest BCUT2D eigenvalue weighted by atomic mass is 10.3. The van der Waals surface area contributed by atoms with Crippen LogP contribution >= 0.6 is 11.3 Å². The van der Waals surface area contributed by atoms with Crippen molar-refractivity contribution < 1.29 is 0 Å². The SMILES string of the molecule is Cc1nc(NCc2cnn(C)c2N)sc1C. The molecule has 0 spiro atoms. The van der Waals surface area contributed by atoms with Gasteiger partial charge in [-0.3, -0.25) is 4.68 Å². The summed E-state index contributed by atoms with van der Waals surface area (Å²) in [6, 6.07) is 0. The number of aryl methyl sites for hydroxylation is 3. The number of nitrogens with zero attached hydrogens (tertiary/aromatic N) is 3. The molecule has 0 aliphatic carbocycles. The first-order chi connectivity index (χ1) is 7.58. The Labute approximate surface area is 98.3 Å². The number of thiazole rings is 1. The van der Waals surface area contributed by atoms with Gasteiger partial charge in [0, 0.05) is 24.0 Å². The van der Waals surface area contributed by atoms with Crippen LogP contribution in [-0.4, -0.2) is 14.8 Å². The van der Waals surface area contributed by atoms with Crippen LogP contribution in [0, 0.1) is 13.8 Å². The number of nitrogens with one attached hydrogen (secondary N) is 1. The molecule has 0 bridgehead atoms. The minimum absolute atomic E-state index is 0.659. The van der Waals surface area contributed by atoms with E-state index in [4.69, 9.17) is 5.73 Å². The molecule has 3 N–H and O–H groups in total. The van der Waals surface area contributed by atoms with Crippen LogP contribution in [0.4, 0.5) is 10.9 Å². The third-order valence-corrected chi connectivity index (χ3v) is 3.55. The highest BCUT2D eigenvalue weighted by atomic mass is 32.1. The first kappa shape index (κ1) is 10.9. The molecule has 86 valence electrons. The van der Waals surface area contributed by atoms with Gasteiger partial charge in [-0.15, -0.1) is 11.3 Å². The maximum atomic E-state index is 5.85. The Kier molecular flexibility index (Phi) is 2.82. The van der Waals surface area contributed by atoms with Crippen LogP contribution in [-0.2, 0) is 13.6 Å². The normalized spacial score (nSPS) is 10.7. The van der Waals surface area contributed by atoms with E-state index in [-0.39, 0.29) is 0 Å². The maximum absolute atomic E-state index is 5.85. The molecular formula is C10H15N5S. The van der Waals surface area contributed by atoms with E-state index in [2.05, 4.69) is 22.3 Å². The zero-order valence-corrected chi connectivity index (χ0v) is 10.4. The van der Waals surface area contributed by atoms with Gasteiger partial charge in [0.05, 0.1) is 11.9 Å². The Hall–Kier alpha value is -1.56. The molecular weight excluding hydrogens is 222 g/mol. The van der Waals surface area contributed by atoms with Crippen molar-refractivity contribution in [1.29, 1.82) is 0 Å². The third kappa shape index (κ3) is 2.01. The summed E-state index contributed by atoms with van der Waals surface area (Å²) in [5, 5.41) is 8.27. The molecule has 0 radical (unpaired) electrons. The van der Waals surface area contributed by atoms with Gasteiger partial charge >= 0.3 is 0 Å². The second-order valence-electron chi connectivity index (χ2n) is 3.69. The molecule has 0 atom stereocenters. The highest BCUT2D eigenvalue weighted by Crippen LogP contribution is 2.22. The molecule has 0 aliphatic heterocycles. The van der Waals surface area contributed by atoms with Crippen molar-refractivity contribution in [2.24, 2.45) is 7.05 Å². The zero-order valence-electron chi connectivity index (χ0n) is 9.61. The Morgan fingerprint density at radius 1 is 1.50 bits per heavy atom. The summed E-state index contributed by atoms with van der Waals surface area (Å²) in [7, 11) is 1.83. The smallest absolute Gasteiger partial charge is 0.183 e. The number of hydrogen-bond donors (Lipinski definition) is 2. The van der Waals surface area contributed by atoms with Crippen molar-refractivity contribution >= 4 is 22.3 Å². The first-order valence-corrected chi connectivity index (χ1v) is 5.84. The van der Waals surface area contributed by atoms with E-state index >= 15 is 0 Å². The highest BCUT2D eigenvalue weighted by Gasteiger charge is 2.06. The van der Waals surface area contributed by atoms with E-state index in [0.717, 1.165) is 16.4 Å². The van der Waals surface area contributed by atoms with Crippen molar-refractivity contribution in [2.45, 2.75) is 20.4 Å². The lowest BCUT2D eigenvalue weighted by Gasteiger charge is -2.01. The van der Waals surface area contributed by atoms with Crippen LogP contribution in [0.2, 0.25) is 0 Å². The molecule has 16 heavy (non-hydrogen) atoms. The minimum Gasteiger partial charge on any atom is -0.384 e. The van der Waals surface area contributed by atoms with E-state index in [1.165, 1.54) is 4.88 Å². The van der Waals surface area contributed by atoms with Gasteiger partial charge in [-0.1, -0.05) is 0 Å². The maximum Gasteiger partial charge on any atom is 0.183 e. The summed E-state index contributed by atoms with van der Waals surface area (Å²) in [5.41, 5.74) is 7.91. The molecule has 5 nitrogen and oxygen atoms in total. The summed E-state index contributed by atoms with van der Waals surface area (Å²) in [6.07, 6.45) is 1.77. The van der Waals surface area contributed by atoms with E-state index in [9.17, 15) is 0 Å². The molecule has 0 saturated carbocycles. The quantitative estimate of drug-likeness (QED) is 0.852. The topological polar surface area (TPSA) is 68.8 Å². The van der Waals surface area contributed by atoms with Gasteiger partial charge in [-0.05, 0) is 13.8 Å². The van der Waals surface area contributed by atoms with E-state index in [0.29, 0.717) is 12.4 Å². The van der Waals surface area contributed by atoms with Gasteiger partial charge in [0.25, 0.3) is 0 Å². The summed E-state index contributed by atoms with van der Waals surface area (Å²) in [5.74, 6) is 0.692. The average molecular weight is 237 g/mol. The molecule has 0 saturated heterocycles. The fourth-order valence-electron chi connectivity index (χ4n) is 1.35. The third-order valence-electron chi connectivity index (χ3n) is 2.52. The predicted octanol–water partition coefficient (Wildman–Crippen LogP) is 1.69. The van der Waals surface area contributed by atoms with Crippen LogP contribution in [0.1, 0.15) is 16.1 Å². The number of anilines is 2. The predicted molar refractivity (Wildman–Crippen MR) is 66.5 cm³/mol. The van der Waals surface area contributed by atoms with Gasteiger partial charge in [-0.25, -0.2) is 4.98 Å². The van der Waals surface area contributed by atoms with Gasteiger partial charge < -0.3 is 11.1 Å². The van der Waals surface area contributed by atoms with Gasteiger partial charge in [-0.2, -0.15) is 5.10 Å². The lowest BCUT2D eigenvalue weighted by molar-refractivity contribution is 0.778. The highest BCUT2D eigenvalue weighted by molar-refractivity contribution is 7.15. The molecule has 0 aromatic carbocycles. The van der Waals surface area contributed by atoms with Crippen LogP contribution < -0.4 is 11.1 Å². The second kappa shape index (κ2) is 4.13. The van der Waals surface area contributed by atoms with Crippen molar-refractivity contribution in [1.82, 2.24) is 14.8 Å². The molecule has 0 fully saturated rings. The molecule has 2 aromatic heterocycles. The summed E-state index contributed by atoms with van der Waals surface area (Å²) < 4.78 is 1.66. The fourth-order valence-corrected chi connectivity index (χ4v) is 2.16. The van der Waals surface area contributed by atoms with E-state index in [1.807, 2.05) is 14.0 Å². The van der Waals surface area contributed by atoms with E-state index in [1.54, 1.807) is 22.2 Å². The second-order valence-corrected chi connectivity index (χ2v) is 4.90. The first-order valence-electron chi connectivity index (χ1n) is 5.02. The van der Waals surface area contributed by atoms with Gasteiger partial charge in [0.15, 0.2) is 5.13 Å². The molecule has 6 heteroatoms. The number of hydrogen-bond acceptors (Lipinski definition) is 5. The van der Waals surface area contributed by atoms with Crippen molar-refractivity contribution in [3.05, 3.63) is 22.3 Å². The lowest BCUT2D eigenvalue weighted by Crippen LogP contribution is -2.03. The summed E-state index contributed by atoms with van der Waals surface area (Å²) >= 11 is 1.66. The largest absolute Gasteiger partial charge is 0.384 e.